The number of nitrogens with zero attached hydrogens (tertiary/aromatic N) is 4. The van der Waals surface area contributed by atoms with Crippen molar-refractivity contribution in [3.8, 4) is 56.4 Å². The van der Waals surface area contributed by atoms with E-state index in [9.17, 15) is 0 Å². The molecule has 4 nitrogen and oxygen atoms in total. The van der Waals surface area contributed by atoms with Gasteiger partial charge in [0, 0.05) is 49.8 Å². The van der Waals surface area contributed by atoms with E-state index in [1.807, 2.05) is 42.4 Å². The van der Waals surface area contributed by atoms with Crippen molar-refractivity contribution in [1.82, 2.24) is 19.9 Å². The molecular formula is C53H34N4S. The predicted octanol–water partition coefficient (Wildman–Crippen LogP) is 13.3. The number of thioether (sulfide) groups is 1. The highest BCUT2D eigenvalue weighted by Gasteiger charge is 2.52. The molecule has 2 aliphatic carbocycles. The van der Waals surface area contributed by atoms with Gasteiger partial charge in [-0.15, -0.1) is 0 Å². The number of allylic oxidation sites excluding steroid dienone is 3. The van der Waals surface area contributed by atoms with Crippen LogP contribution in [0.15, 0.2) is 198 Å². The first-order chi connectivity index (χ1) is 28.7. The zero-order valence-electron chi connectivity index (χ0n) is 31.4. The number of hydrogen-bond acceptors (Lipinski definition) is 5. The van der Waals surface area contributed by atoms with Gasteiger partial charge in [-0.2, -0.15) is 0 Å². The van der Waals surface area contributed by atoms with Crippen LogP contribution in [0.2, 0.25) is 0 Å². The zero-order valence-corrected chi connectivity index (χ0v) is 32.2. The fourth-order valence-corrected chi connectivity index (χ4v) is 10.8. The summed E-state index contributed by atoms with van der Waals surface area (Å²) in [7, 11) is 0. The van der Waals surface area contributed by atoms with E-state index in [1.54, 1.807) is 0 Å². The third-order valence-corrected chi connectivity index (χ3v) is 13.3. The molecule has 1 atom stereocenters. The van der Waals surface area contributed by atoms with Crippen molar-refractivity contribution in [1.29, 1.82) is 0 Å². The number of fused-ring (bicyclic) bond motifs is 11. The van der Waals surface area contributed by atoms with Gasteiger partial charge in [0.15, 0.2) is 17.5 Å². The van der Waals surface area contributed by atoms with Crippen molar-refractivity contribution < 1.29 is 0 Å². The summed E-state index contributed by atoms with van der Waals surface area (Å²) in [5, 5.41) is 4.60. The minimum Gasteiger partial charge on any atom is -0.263 e. The molecule has 0 N–H and O–H groups in total. The highest BCUT2D eigenvalue weighted by molar-refractivity contribution is 8.03. The lowest BCUT2D eigenvalue weighted by atomic mass is 9.65. The smallest absolute Gasteiger partial charge is 0.164 e. The number of rotatable bonds is 4. The fraction of sp³-hybridized carbons (Fsp3) is 0.0566. The molecule has 58 heavy (non-hydrogen) atoms. The van der Waals surface area contributed by atoms with Gasteiger partial charge in [0.1, 0.15) is 0 Å². The predicted molar refractivity (Wildman–Crippen MR) is 237 cm³/mol. The van der Waals surface area contributed by atoms with Crippen molar-refractivity contribution >= 4 is 33.3 Å². The van der Waals surface area contributed by atoms with Crippen LogP contribution in [0.1, 0.15) is 29.5 Å². The molecule has 0 bridgehead atoms. The molecule has 3 heterocycles. The van der Waals surface area contributed by atoms with E-state index in [2.05, 4.69) is 152 Å². The average molecular weight is 759 g/mol. The van der Waals surface area contributed by atoms with Crippen molar-refractivity contribution in [2.45, 2.75) is 23.2 Å². The number of benzene rings is 7. The lowest BCUT2D eigenvalue weighted by Crippen LogP contribution is -2.34. The SMILES string of the molecule is C1=C2Sc3ccccc3C3(C2=CCC1)c1cc(-c2nc(-c4ccccc4)nc(-c4cccc5ccccc45)n2)ccc1-c1ccc(-c2cncc4ccccc24)cc13. The number of hydrogen-bond donors (Lipinski definition) is 0. The molecule has 9 aromatic rings. The Hall–Kier alpha value is -6.95. The van der Waals surface area contributed by atoms with Gasteiger partial charge in [-0.1, -0.05) is 163 Å². The normalized spacial score (nSPS) is 16.3. The topological polar surface area (TPSA) is 51.6 Å². The maximum Gasteiger partial charge on any atom is 0.164 e. The Morgan fingerprint density at radius 1 is 0.431 bits per heavy atom. The minimum absolute atomic E-state index is 0.545. The third kappa shape index (κ3) is 4.96. The van der Waals surface area contributed by atoms with Crippen LogP contribution in [0.3, 0.4) is 0 Å². The highest BCUT2D eigenvalue weighted by atomic mass is 32.2. The monoisotopic (exact) mass is 758 g/mol. The summed E-state index contributed by atoms with van der Waals surface area (Å²) in [5.41, 5.74) is 12.4. The van der Waals surface area contributed by atoms with Gasteiger partial charge in [0.2, 0.25) is 0 Å². The number of pyridine rings is 1. The van der Waals surface area contributed by atoms with Gasteiger partial charge in [0.25, 0.3) is 0 Å². The highest BCUT2D eigenvalue weighted by Crippen LogP contribution is 2.65. The third-order valence-electron chi connectivity index (χ3n) is 12.1. The molecule has 0 saturated carbocycles. The van der Waals surface area contributed by atoms with Crippen LogP contribution >= 0.6 is 11.8 Å². The van der Waals surface area contributed by atoms with E-state index in [0.29, 0.717) is 17.5 Å². The van der Waals surface area contributed by atoms with Gasteiger partial charge in [-0.05, 0) is 86.2 Å². The van der Waals surface area contributed by atoms with Crippen LogP contribution in [0.4, 0.5) is 0 Å². The van der Waals surface area contributed by atoms with E-state index in [0.717, 1.165) is 56.8 Å². The Morgan fingerprint density at radius 3 is 1.91 bits per heavy atom. The molecule has 2 aromatic heterocycles. The summed E-state index contributed by atoms with van der Waals surface area (Å²) in [5.74, 6) is 1.96. The lowest BCUT2D eigenvalue weighted by Gasteiger charge is -2.42. The van der Waals surface area contributed by atoms with Crippen LogP contribution < -0.4 is 0 Å². The van der Waals surface area contributed by atoms with Crippen LogP contribution in [0.5, 0.6) is 0 Å². The Labute approximate surface area is 340 Å². The first kappa shape index (κ1) is 33.2. The molecule has 272 valence electrons. The molecule has 0 fully saturated rings. The van der Waals surface area contributed by atoms with Gasteiger partial charge in [0.05, 0.1) is 5.41 Å². The van der Waals surface area contributed by atoms with Gasteiger partial charge >= 0.3 is 0 Å². The van der Waals surface area contributed by atoms with E-state index in [4.69, 9.17) is 19.9 Å². The second-order valence-electron chi connectivity index (χ2n) is 15.2. The van der Waals surface area contributed by atoms with E-state index in [-0.39, 0.29) is 0 Å². The summed E-state index contributed by atoms with van der Waals surface area (Å²) in [6.07, 6.45) is 11.0. The first-order valence-corrected chi connectivity index (χ1v) is 20.7. The molecule has 0 amide bonds. The van der Waals surface area contributed by atoms with E-state index < -0.39 is 5.41 Å². The molecule has 7 aromatic carbocycles. The summed E-state index contributed by atoms with van der Waals surface area (Å²) in [6.45, 7) is 0. The Balaban J connectivity index is 1.13. The van der Waals surface area contributed by atoms with Gasteiger partial charge < -0.3 is 0 Å². The molecule has 3 aliphatic rings. The second-order valence-corrected chi connectivity index (χ2v) is 16.3. The molecular weight excluding hydrogens is 725 g/mol. The van der Waals surface area contributed by atoms with Crippen LogP contribution in [-0.2, 0) is 5.41 Å². The zero-order chi connectivity index (χ0) is 38.2. The molecule has 5 heteroatoms. The molecule has 0 radical (unpaired) electrons. The van der Waals surface area contributed by atoms with Crippen molar-refractivity contribution in [3.05, 3.63) is 209 Å². The standard InChI is InChI=1S/C53H34N4S/c1-2-14-34(15-3-1)50-55-51(57-52(56-50)42-20-12-17-33-13-4-6-18-38(33)42)36-26-28-41-40-27-25-35(43-32-54-31-37-16-5-7-19-39(37)43)29-46(40)53(47(41)30-36)44-21-8-10-23-48(44)58-49-24-11-9-22-45(49)53/h1-8,10,12-32H,9,11H2. The van der Waals surface area contributed by atoms with Crippen molar-refractivity contribution in [3.63, 3.8) is 0 Å². The largest absolute Gasteiger partial charge is 0.263 e. The van der Waals surface area contributed by atoms with Gasteiger partial charge in [-0.25, -0.2) is 15.0 Å². The molecule has 1 spiro atoms. The Kier molecular flexibility index (Phi) is 7.47. The van der Waals surface area contributed by atoms with Gasteiger partial charge in [-0.3, -0.25) is 4.98 Å². The van der Waals surface area contributed by atoms with Crippen LogP contribution in [-0.4, -0.2) is 19.9 Å². The minimum atomic E-state index is -0.545. The maximum absolute atomic E-state index is 5.31. The van der Waals surface area contributed by atoms with Crippen molar-refractivity contribution in [2.75, 3.05) is 0 Å². The molecule has 12 rings (SSSR count). The molecule has 1 aliphatic heterocycles. The summed E-state index contributed by atoms with van der Waals surface area (Å²) < 4.78 is 0. The Bertz CT molecular complexity index is 3210. The first-order valence-electron chi connectivity index (χ1n) is 19.9. The Morgan fingerprint density at radius 2 is 1.07 bits per heavy atom. The fourth-order valence-electron chi connectivity index (χ4n) is 9.54. The maximum atomic E-state index is 5.31. The average Bonchev–Trinajstić information content (AvgIpc) is 3.58. The van der Waals surface area contributed by atoms with E-state index in [1.165, 1.54) is 48.6 Å². The van der Waals surface area contributed by atoms with Crippen LogP contribution in [0.25, 0.3) is 78.0 Å². The summed E-state index contributed by atoms with van der Waals surface area (Å²) >= 11 is 1.90. The quantitative estimate of drug-likeness (QED) is 0.179. The summed E-state index contributed by atoms with van der Waals surface area (Å²) in [4.78, 5) is 23.0. The van der Waals surface area contributed by atoms with Crippen molar-refractivity contribution in [2.24, 2.45) is 0 Å². The molecule has 1 unspecified atom stereocenters. The number of aromatic nitrogens is 4. The van der Waals surface area contributed by atoms with Crippen LogP contribution in [0, 0.1) is 0 Å². The molecule has 0 saturated heterocycles. The van der Waals surface area contributed by atoms with E-state index >= 15 is 0 Å². The lowest BCUT2D eigenvalue weighted by molar-refractivity contribution is 0.724. The summed E-state index contributed by atoms with van der Waals surface area (Å²) in [6, 6.07) is 56.6. The second kappa shape index (κ2) is 13.1.